The summed E-state index contributed by atoms with van der Waals surface area (Å²) in [6, 6.07) is 8.96. The minimum atomic E-state index is -0.338. The van der Waals surface area contributed by atoms with Gasteiger partial charge in [-0.3, -0.25) is 14.7 Å². The number of hydrogen-bond donors (Lipinski definition) is 2. The van der Waals surface area contributed by atoms with Crippen molar-refractivity contribution in [2.45, 2.75) is 13.5 Å². The van der Waals surface area contributed by atoms with Crippen LogP contribution in [0.4, 0.5) is 0 Å². The van der Waals surface area contributed by atoms with Gasteiger partial charge in [-0.25, -0.2) is 4.52 Å². The lowest BCUT2D eigenvalue weighted by Gasteiger charge is -2.06. The van der Waals surface area contributed by atoms with Crippen molar-refractivity contribution in [1.82, 2.24) is 29.7 Å². The summed E-state index contributed by atoms with van der Waals surface area (Å²) in [7, 11) is 1.71. The number of aryl methyl sites for hydroxylation is 2. The Balaban J connectivity index is 1.75. The zero-order valence-corrected chi connectivity index (χ0v) is 13.8. The monoisotopic (exact) mass is 336 g/mol. The van der Waals surface area contributed by atoms with Gasteiger partial charge in [-0.15, -0.1) is 0 Å². The first-order valence-electron chi connectivity index (χ1n) is 7.81. The molecule has 3 heterocycles. The third-order valence-corrected chi connectivity index (χ3v) is 4.31. The topological polar surface area (TPSA) is 97.1 Å². The summed E-state index contributed by atoms with van der Waals surface area (Å²) in [6.45, 7) is 2.23. The van der Waals surface area contributed by atoms with Crippen molar-refractivity contribution in [2.24, 2.45) is 7.05 Å². The van der Waals surface area contributed by atoms with Crippen LogP contribution in [0.2, 0.25) is 0 Å². The Bertz CT molecular complexity index is 1170. The van der Waals surface area contributed by atoms with Gasteiger partial charge >= 0.3 is 0 Å². The summed E-state index contributed by atoms with van der Waals surface area (Å²) in [4.78, 5) is 25.0. The second-order valence-electron chi connectivity index (χ2n) is 5.88. The highest BCUT2D eigenvalue weighted by atomic mass is 16.2. The minimum Gasteiger partial charge on any atom is -0.346 e. The van der Waals surface area contributed by atoms with E-state index < -0.39 is 0 Å². The van der Waals surface area contributed by atoms with E-state index >= 15 is 0 Å². The number of carbonyl (C=O) groups is 1. The van der Waals surface area contributed by atoms with Gasteiger partial charge in [-0.1, -0.05) is 12.1 Å². The van der Waals surface area contributed by atoms with E-state index in [4.69, 9.17) is 0 Å². The number of nitrogens with zero attached hydrogens (tertiary/aromatic N) is 4. The third-order valence-electron chi connectivity index (χ3n) is 4.31. The Hall–Kier alpha value is -3.42. The fraction of sp³-hybridized carbons (Fsp3) is 0.176. The van der Waals surface area contributed by atoms with Gasteiger partial charge in [0.2, 0.25) is 0 Å². The smallest absolute Gasteiger partial charge is 0.276 e. The summed E-state index contributed by atoms with van der Waals surface area (Å²) < 4.78 is 3.08. The van der Waals surface area contributed by atoms with Crippen molar-refractivity contribution in [3.8, 4) is 0 Å². The average Bonchev–Trinajstić information content (AvgIpc) is 3.24. The van der Waals surface area contributed by atoms with E-state index in [-0.39, 0.29) is 17.2 Å². The van der Waals surface area contributed by atoms with E-state index in [0.29, 0.717) is 12.1 Å². The molecule has 1 amide bonds. The van der Waals surface area contributed by atoms with Crippen molar-refractivity contribution in [1.29, 1.82) is 0 Å². The zero-order valence-electron chi connectivity index (χ0n) is 13.8. The molecule has 0 atom stereocenters. The molecule has 4 rings (SSSR count). The summed E-state index contributed by atoms with van der Waals surface area (Å²) >= 11 is 0. The van der Waals surface area contributed by atoms with Crippen LogP contribution < -0.4 is 10.9 Å². The van der Waals surface area contributed by atoms with Gasteiger partial charge in [0.15, 0.2) is 5.69 Å². The fourth-order valence-corrected chi connectivity index (χ4v) is 2.86. The van der Waals surface area contributed by atoms with Gasteiger partial charge in [-0.05, 0) is 19.1 Å². The van der Waals surface area contributed by atoms with Crippen LogP contribution in [0.3, 0.4) is 0 Å². The SMILES string of the molecule is Cc1[nH]ncc1CNC(=O)c1cc2c(=O)n(C)c3ccccc3n2n1. The van der Waals surface area contributed by atoms with E-state index in [0.717, 1.165) is 22.3 Å². The number of fused-ring (bicyclic) bond motifs is 3. The summed E-state index contributed by atoms with van der Waals surface area (Å²) in [5, 5.41) is 13.9. The first-order chi connectivity index (χ1) is 12.1. The van der Waals surface area contributed by atoms with Gasteiger partial charge in [0.1, 0.15) is 5.52 Å². The first kappa shape index (κ1) is 15.1. The molecular formula is C17H16N6O2. The molecule has 0 unspecified atom stereocenters. The van der Waals surface area contributed by atoms with Crippen LogP contribution in [-0.2, 0) is 13.6 Å². The predicted octanol–water partition coefficient (Wildman–Crippen LogP) is 1.15. The van der Waals surface area contributed by atoms with E-state index in [1.165, 1.54) is 10.6 Å². The molecule has 3 aromatic heterocycles. The Morgan fingerprint density at radius 2 is 2.00 bits per heavy atom. The van der Waals surface area contributed by atoms with Crippen LogP contribution in [0.25, 0.3) is 16.6 Å². The second-order valence-corrected chi connectivity index (χ2v) is 5.88. The number of benzene rings is 1. The molecule has 0 aliphatic heterocycles. The number of amides is 1. The normalized spacial score (nSPS) is 11.3. The molecule has 1 aromatic carbocycles. The quantitative estimate of drug-likeness (QED) is 0.586. The maximum atomic E-state index is 12.5. The molecule has 0 saturated heterocycles. The predicted molar refractivity (Wildman–Crippen MR) is 92.4 cm³/mol. The Morgan fingerprint density at radius 3 is 2.72 bits per heavy atom. The molecule has 0 spiro atoms. The molecule has 4 aromatic rings. The van der Waals surface area contributed by atoms with Gasteiger partial charge in [0.05, 0.1) is 17.2 Å². The van der Waals surface area contributed by atoms with Crippen molar-refractivity contribution in [3.05, 3.63) is 63.8 Å². The Kier molecular flexibility index (Phi) is 3.38. The second kappa shape index (κ2) is 5.59. The average molecular weight is 336 g/mol. The minimum absolute atomic E-state index is 0.198. The Labute approximate surface area is 142 Å². The summed E-state index contributed by atoms with van der Waals surface area (Å²) in [5.74, 6) is -0.338. The molecule has 0 bridgehead atoms. The van der Waals surface area contributed by atoms with Crippen LogP contribution >= 0.6 is 0 Å². The van der Waals surface area contributed by atoms with Gasteiger partial charge in [0, 0.05) is 30.9 Å². The maximum absolute atomic E-state index is 12.5. The van der Waals surface area contributed by atoms with Crippen molar-refractivity contribution >= 4 is 22.5 Å². The van der Waals surface area contributed by atoms with E-state index in [1.54, 1.807) is 17.8 Å². The molecule has 0 fully saturated rings. The molecule has 0 saturated carbocycles. The first-order valence-corrected chi connectivity index (χ1v) is 7.81. The fourth-order valence-electron chi connectivity index (χ4n) is 2.86. The van der Waals surface area contributed by atoms with Crippen molar-refractivity contribution in [2.75, 3.05) is 0 Å². The largest absolute Gasteiger partial charge is 0.346 e. The molecule has 8 heteroatoms. The van der Waals surface area contributed by atoms with Gasteiger partial charge in [-0.2, -0.15) is 10.2 Å². The molecule has 8 nitrogen and oxygen atoms in total. The van der Waals surface area contributed by atoms with E-state index in [1.807, 2.05) is 31.2 Å². The van der Waals surface area contributed by atoms with Crippen LogP contribution in [0.5, 0.6) is 0 Å². The van der Waals surface area contributed by atoms with Crippen LogP contribution in [0, 0.1) is 6.92 Å². The zero-order chi connectivity index (χ0) is 17.6. The molecule has 0 radical (unpaired) electrons. The molecule has 0 aliphatic carbocycles. The number of nitrogens with one attached hydrogen (secondary N) is 2. The highest BCUT2D eigenvalue weighted by molar-refractivity contribution is 5.94. The highest BCUT2D eigenvalue weighted by Gasteiger charge is 2.16. The van der Waals surface area contributed by atoms with E-state index in [2.05, 4.69) is 20.6 Å². The Morgan fingerprint density at radius 1 is 1.24 bits per heavy atom. The third kappa shape index (κ3) is 2.38. The van der Waals surface area contributed by atoms with Crippen molar-refractivity contribution < 1.29 is 4.79 Å². The summed E-state index contributed by atoms with van der Waals surface area (Å²) in [5.41, 5.74) is 3.69. The summed E-state index contributed by atoms with van der Waals surface area (Å²) in [6.07, 6.45) is 1.67. The molecule has 2 N–H and O–H groups in total. The molecule has 0 aliphatic rings. The molecular weight excluding hydrogens is 320 g/mol. The lowest BCUT2D eigenvalue weighted by molar-refractivity contribution is 0.0945. The number of aromatic amines is 1. The number of para-hydroxylation sites is 2. The van der Waals surface area contributed by atoms with Gasteiger partial charge < -0.3 is 9.88 Å². The highest BCUT2D eigenvalue weighted by Crippen LogP contribution is 2.14. The standard InChI is InChI=1S/C17H16N6O2/c1-10-11(9-19-20-10)8-18-16(24)12-7-15-17(25)22(2)13-5-3-4-6-14(13)23(15)21-12/h3-7,9H,8H2,1-2H3,(H,18,24)(H,19,20). The van der Waals surface area contributed by atoms with Crippen LogP contribution in [-0.4, -0.2) is 30.3 Å². The number of carbonyl (C=O) groups excluding carboxylic acids is 1. The van der Waals surface area contributed by atoms with Gasteiger partial charge in [0.25, 0.3) is 11.5 Å². The number of aromatic nitrogens is 5. The lowest BCUT2D eigenvalue weighted by Crippen LogP contribution is -2.23. The van der Waals surface area contributed by atoms with E-state index in [9.17, 15) is 9.59 Å². The van der Waals surface area contributed by atoms with Crippen molar-refractivity contribution in [3.63, 3.8) is 0 Å². The van der Waals surface area contributed by atoms with Crippen LogP contribution in [0.15, 0.2) is 41.3 Å². The molecule has 126 valence electrons. The van der Waals surface area contributed by atoms with Crippen LogP contribution in [0.1, 0.15) is 21.7 Å². The number of rotatable bonds is 3. The maximum Gasteiger partial charge on any atom is 0.276 e. The lowest BCUT2D eigenvalue weighted by atomic mass is 10.2. The number of H-pyrrole nitrogens is 1. The molecule has 25 heavy (non-hydrogen) atoms. The number of hydrogen-bond acceptors (Lipinski definition) is 4.